The molecule has 2 heterocycles. The molecule has 1 atom stereocenters. The first-order chi connectivity index (χ1) is 14.2. The minimum Gasteiger partial charge on any atom is -0.496 e. The quantitative estimate of drug-likeness (QED) is 0.848. The molecular formula is C23H27N3O3. The van der Waals surface area contributed by atoms with E-state index < -0.39 is 0 Å². The van der Waals surface area contributed by atoms with Crippen molar-refractivity contribution in [3.8, 4) is 5.75 Å². The second kappa shape index (κ2) is 8.66. The molecular weight excluding hydrogens is 366 g/mol. The molecule has 2 amide bonds. The Labute approximate surface area is 171 Å². The van der Waals surface area contributed by atoms with Crippen LogP contribution in [0.5, 0.6) is 5.75 Å². The summed E-state index contributed by atoms with van der Waals surface area (Å²) in [7, 11) is 1.65. The van der Waals surface area contributed by atoms with Gasteiger partial charge in [0.15, 0.2) is 0 Å². The normalized spacial score (nSPS) is 19.1. The molecule has 0 spiro atoms. The SMILES string of the molecule is COc1ccccc1C1CNCCN1C(=O)CCN1C(=O)CCc2ccccc21. The zero-order valence-corrected chi connectivity index (χ0v) is 16.8. The lowest BCUT2D eigenvalue weighted by atomic mass is 10.00. The maximum atomic E-state index is 13.2. The molecule has 1 fully saturated rings. The first kappa shape index (κ1) is 19.5. The highest BCUT2D eigenvalue weighted by molar-refractivity contribution is 5.97. The van der Waals surface area contributed by atoms with Crippen LogP contribution in [0, 0.1) is 0 Å². The number of benzene rings is 2. The fraction of sp³-hybridized carbons (Fsp3) is 0.391. The van der Waals surface area contributed by atoms with Crippen molar-refractivity contribution in [3.63, 3.8) is 0 Å². The summed E-state index contributed by atoms with van der Waals surface area (Å²) < 4.78 is 5.52. The van der Waals surface area contributed by atoms with Gasteiger partial charge in [0.1, 0.15) is 5.75 Å². The fourth-order valence-corrected chi connectivity index (χ4v) is 4.32. The fourth-order valence-electron chi connectivity index (χ4n) is 4.32. The number of nitrogens with zero attached hydrogens (tertiary/aromatic N) is 2. The molecule has 2 aromatic rings. The van der Waals surface area contributed by atoms with Crippen molar-refractivity contribution in [2.24, 2.45) is 0 Å². The highest BCUT2D eigenvalue weighted by atomic mass is 16.5. The summed E-state index contributed by atoms with van der Waals surface area (Å²) in [6.45, 7) is 2.52. The largest absolute Gasteiger partial charge is 0.496 e. The third-order valence-corrected chi connectivity index (χ3v) is 5.80. The Hall–Kier alpha value is -2.86. The zero-order valence-electron chi connectivity index (χ0n) is 16.8. The average Bonchev–Trinajstić information content (AvgIpc) is 2.78. The number of ether oxygens (including phenoxy) is 1. The predicted octanol–water partition coefficient (Wildman–Crippen LogP) is 2.54. The number of anilines is 1. The van der Waals surface area contributed by atoms with Crippen LogP contribution < -0.4 is 15.0 Å². The van der Waals surface area contributed by atoms with Crippen molar-refractivity contribution in [1.82, 2.24) is 10.2 Å². The molecule has 1 N–H and O–H groups in total. The van der Waals surface area contributed by atoms with Crippen LogP contribution in [0.25, 0.3) is 0 Å². The molecule has 2 aliphatic heterocycles. The van der Waals surface area contributed by atoms with Crippen molar-refractivity contribution in [3.05, 3.63) is 59.7 Å². The highest BCUT2D eigenvalue weighted by Crippen LogP contribution is 2.31. The van der Waals surface area contributed by atoms with E-state index in [1.54, 1.807) is 12.0 Å². The van der Waals surface area contributed by atoms with E-state index in [1.807, 2.05) is 47.4 Å². The lowest BCUT2D eigenvalue weighted by Gasteiger charge is -2.38. The summed E-state index contributed by atoms with van der Waals surface area (Å²) in [5.74, 6) is 0.954. The van der Waals surface area contributed by atoms with Gasteiger partial charge in [0, 0.05) is 50.3 Å². The monoisotopic (exact) mass is 393 g/mol. The number of methoxy groups -OCH3 is 1. The number of aryl methyl sites for hydroxylation is 1. The number of piperazine rings is 1. The van der Waals surface area contributed by atoms with Crippen LogP contribution >= 0.6 is 0 Å². The van der Waals surface area contributed by atoms with Gasteiger partial charge in [0.2, 0.25) is 11.8 Å². The molecule has 1 unspecified atom stereocenters. The Kier molecular flexibility index (Phi) is 5.81. The number of fused-ring (bicyclic) bond motifs is 1. The van der Waals surface area contributed by atoms with Crippen LogP contribution in [0.3, 0.4) is 0 Å². The van der Waals surface area contributed by atoms with Gasteiger partial charge in [-0.2, -0.15) is 0 Å². The number of amides is 2. The molecule has 29 heavy (non-hydrogen) atoms. The van der Waals surface area contributed by atoms with Crippen LogP contribution in [-0.4, -0.2) is 50.0 Å². The van der Waals surface area contributed by atoms with Crippen LogP contribution in [0.2, 0.25) is 0 Å². The molecule has 0 bridgehead atoms. The molecule has 6 nitrogen and oxygen atoms in total. The van der Waals surface area contributed by atoms with Crippen LogP contribution in [-0.2, 0) is 16.0 Å². The number of carbonyl (C=O) groups is 2. The number of hydrogen-bond donors (Lipinski definition) is 1. The van der Waals surface area contributed by atoms with Gasteiger partial charge in [-0.05, 0) is 24.1 Å². The van der Waals surface area contributed by atoms with Crippen molar-refractivity contribution >= 4 is 17.5 Å². The van der Waals surface area contributed by atoms with Crippen molar-refractivity contribution in [1.29, 1.82) is 0 Å². The summed E-state index contributed by atoms with van der Waals surface area (Å²) in [6.07, 6.45) is 1.58. The Bertz CT molecular complexity index is 898. The van der Waals surface area contributed by atoms with E-state index in [-0.39, 0.29) is 17.9 Å². The van der Waals surface area contributed by atoms with Crippen LogP contribution in [0.4, 0.5) is 5.69 Å². The molecule has 4 rings (SSSR count). The van der Waals surface area contributed by atoms with Gasteiger partial charge < -0.3 is 19.9 Å². The minimum atomic E-state index is -0.0725. The van der Waals surface area contributed by atoms with Gasteiger partial charge in [0.05, 0.1) is 13.2 Å². The maximum Gasteiger partial charge on any atom is 0.227 e. The van der Waals surface area contributed by atoms with Gasteiger partial charge in [-0.15, -0.1) is 0 Å². The molecule has 0 aromatic heterocycles. The molecule has 0 radical (unpaired) electrons. The number of carbonyl (C=O) groups excluding carboxylic acids is 2. The molecule has 2 aromatic carbocycles. The zero-order chi connectivity index (χ0) is 20.2. The number of nitrogens with one attached hydrogen (secondary N) is 1. The Morgan fingerprint density at radius 1 is 1.14 bits per heavy atom. The standard InChI is InChI=1S/C23H27N3O3/c1-29-21-9-5-3-7-18(21)20-16-24-13-15-26(20)23(28)12-14-25-19-8-4-2-6-17(19)10-11-22(25)27/h2-9,20,24H,10-16H2,1H3. The average molecular weight is 393 g/mol. The second-order valence-electron chi connectivity index (χ2n) is 7.47. The molecule has 1 saturated heterocycles. The molecule has 6 heteroatoms. The first-order valence-electron chi connectivity index (χ1n) is 10.2. The smallest absolute Gasteiger partial charge is 0.227 e. The van der Waals surface area contributed by atoms with Crippen molar-refractivity contribution in [2.45, 2.75) is 25.3 Å². The molecule has 0 saturated carbocycles. The summed E-state index contributed by atoms with van der Waals surface area (Å²) in [5.41, 5.74) is 3.13. The summed E-state index contributed by atoms with van der Waals surface area (Å²) in [5, 5.41) is 3.38. The second-order valence-corrected chi connectivity index (χ2v) is 7.47. The summed E-state index contributed by atoms with van der Waals surface area (Å²) in [6, 6.07) is 15.7. The number of hydrogen-bond acceptors (Lipinski definition) is 4. The Morgan fingerprint density at radius 3 is 2.79 bits per heavy atom. The van der Waals surface area contributed by atoms with Gasteiger partial charge in [-0.1, -0.05) is 36.4 Å². The van der Waals surface area contributed by atoms with Gasteiger partial charge in [0.25, 0.3) is 0 Å². The minimum absolute atomic E-state index is 0.0678. The Morgan fingerprint density at radius 2 is 1.93 bits per heavy atom. The van der Waals surface area contributed by atoms with E-state index in [0.717, 1.165) is 30.0 Å². The highest BCUT2D eigenvalue weighted by Gasteiger charge is 2.31. The van der Waals surface area contributed by atoms with Gasteiger partial charge in [-0.25, -0.2) is 0 Å². The van der Waals surface area contributed by atoms with Crippen LogP contribution in [0.15, 0.2) is 48.5 Å². The van der Waals surface area contributed by atoms with E-state index in [4.69, 9.17) is 4.74 Å². The van der Waals surface area contributed by atoms with E-state index >= 15 is 0 Å². The summed E-state index contributed by atoms with van der Waals surface area (Å²) >= 11 is 0. The summed E-state index contributed by atoms with van der Waals surface area (Å²) in [4.78, 5) is 29.4. The third kappa shape index (κ3) is 3.98. The number of rotatable bonds is 5. The van der Waals surface area contributed by atoms with Crippen LogP contribution in [0.1, 0.15) is 30.0 Å². The Balaban J connectivity index is 1.49. The van der Waals surface area contributed by atoms with E-state index in [9.17, 15) is 9.59 Å². The van der Waals surface area contributed by atoms with E-state index in [2.05, 4.69) is 11.4 Å². The lowest BCUT2D eigenvalue weighted by Crippen LogP contribution is -2.49. The van der Waals surface area contributed by atoms with Crippen molar-refractivity contribution in [2.75, 3.05) is 38.2 Å². The van der Waals surface area contributed by atoms with Gasteiger partial charge in [-0.3, -0.25) is 9.59 Å². The van der Waals surface area contributed by atoms with E-state index in [0.29, 0.717) is 32.5 Å². The van der Waals surface area contributed by atoms with E-state index in [1.165, 1.54) is 5.56 Å². The molecule has 0 aliphatic carbocycles. The predicted molar refractivity (Wildman–Crippen MR) is 112 cm³/mol. The molecule has 2 aliphatic rings. The van der Waals surface area contributed by atoms with Gasteiger partial charge >= 0.3 is 0 Å². The molecule has 152 valence electrons. The van der Waals surface area contributed by atoms with Crippen molar-refractivity contribution < 1.29 is 14.3 Å². The third-order valence-electron chi connectivity index (χ3n) is 5.80. The lowest BCUT2D eigenvalue weighted by molar-refractivity contribution is -0.134. The number of para-hydroxylation sites is 2. The first-order valence-corrected chi connectivity index (χ1v) is 10.2. The topological polar surface area (TPSA) is 61.9 Å². The maximum absolute atomic E-state index is 13.2.